The van der Waals surface area contributed by atoms with Crippen molar-refractivity contribution in [1.29, 1.82) is 0 Å². The molecule has 0 aromatic carbocycles. The fourth-order valence-electron chi connectivity index (χ4n) is 2.27. The second kappa shape index (κ2) is 4.70. The molecule has 2 rings (SSSR count). The van der Waals surface area contributed by atoms with Crippen LogP contribution in [-0.2, 0) is 4.74 Å². The lowest BCUT2D eigenvalue weighted by atomic mass is 10.1. The summed E-state index contributed by atoms with van der Waals surface area (Å²) >= 11 is 0. The summed E-state index contributed by atoms with van der Waals surface area (Å²) in [5, 5.41) is 2.50. The minimum absolute atomic E-state index is 0.0868. The Bertz CT molecular complexity index is 505. The molecule has 1 aromatic heterocycles. The van der Waals surface area contributed by atoms with E-state index in [1.807, 2.05) is 0 Å². The number of carbonyl (C=O) groups is 1. The fourth-order valence-corrected chi connectivity index (χ4v) is 2.27. The first-order valence-electron chi connectivity index (χ1n) is 6.69. The van der Waals surface area contributed by atoms with Crippen LogP contribution in [0.3, 0.4) is 0 Å². The number of hydrogen-bond donors (Lipinski definition) is 2. The molecule has 2 atom stereocenters. The van der Waals surface area contributed by atoms with Gasteiger partial charge in [0.15, 0.2) is 0 Å². The van der Waals surface area contributed by atoms with Crippen molar-refractivity contribution in [3.8, 4) is 0 Å². The molecule has 0 bridgehead atoms. The van der Waals surface area contributed by atoms with E-state index in [1.165, 1.54) is 0 Å². The van der Waals surface area contributed by atoms with Crippen molar-refractivity contribution in [3.63, 3.8) is 0 Å². The van der Waals surface area contributed by atoms with E-state index in [9.17, 15) is 4.79 Å². The van der Waals surface area contributed by atoms with Gasteiger partial charge < -0.3 is 10.5 Å². The molecule has 0 spiro atoms. The number of nitrogens with two attached hydrogens (primary N) is 1. The Labute approximate surface area is 119 Å². The van der Waals surface area contributed by atoms with Crippen LogP contribution in [0.4, 0.5) is 10.7 Å². The molecule has 0 saturated heterocycles. The summed E-state index contributed by atoms with van der Waals surface area (Å²) < 4.78 is 5.13. The molecule has 1 heterocycles. The number of hydrogen-bond acceptors (Lipinski definition) is 5. The highest BCUT2D eigenvalue weighted by atomic mass is 16.6. The largest absolute Gasteiger partial charge is 0.444 e. The van der Waals surface area contributed by atoms with Gasteiger partial charge in [0.25, 0.3) is 0 Å². The van der Waals surface area contributed by atoms with Crippen molar-refractivity contribution < 1.29 is 9.53 Å². The Morgan fingerprint density at radius 1 is 1.35 bits per heavy atom. The lowest BCUT2D eigenvalue weighted by Crippen LogP contribution is -2.27. The van der Waals surface area contributed by atoms with Crippen LogP contribution < -0.4 is 11.1 Å². The van der Waals surface area contributed by atoms with Crippen molar-refractivity contribution in [3.05, 3.63) is 18.0 Å². The van der Waals surface area contributed by atoms with Gasteiger partial charge in [-0.25, -0.2) is 14.8 Å². The van der Waals surface area contributed by atoms with E-state index >= 15 is 0 Å². The normalized spacial score (nSPS) is 24.1. The van der Waals surface area contributed by atoms with Crippen LogP contribution in [0.1, 0.15) is 46.1 Å². The molecule has 0 aliphatic heterocycles. The van der Waals surface area contributed by atoms with E-state index in [-0.39, 0.29) is 23.3 Å². The molecule has 6 heteroatoms. The number of rotatable bonds is 2. The van der Waals surface area contributed by atoms with Gasteiger partial charge in [-0.3, -0.25) is 5.32 Å². The summed E-state index contributed by atoms with van der Waals surface area (Å²) in [6.45, 7) is 9.64. The maximum absolute atomic E-state index is 11.6. The average Bonchev–Trinajstić information content (AvgIpc) is 2.77. The van der Waals surface area contributed by atoms with Gasteiger partial charge in [-0.2, -0.15) is 0 Å². The zero-order valence-electron chi connectivity index (χ0n) is 12.6. The zero-order chi connectivity index (χ0) is 15.1. The van der Waals surface area contributed by atoms with Crippen LogP contribution in [0, 0.1) is 5.41 Å². The highest BCUT2D eigenvalue weighted by Gasteiger charge is 2.56. The summed E-state index contributed by atoms with van der Waals surface area (Å²) in [5.74, 6) is 0.508. The van der Waals surface area contributed by atoms with Crippen LogP contribution in [0.5, 0.6) is 0 Å². The number of aromatic nitrogens is 2. The van der Waals surface area contributed by atoms with Gasteiger partial charge in [0.05, 0.1) is 0 Å². The molecule has 0 unspecified atom stereocenters. The van der Waals surface area contributed by atoms with E-state index in [1.54, 1.807) is 33.2 Å². The van der Waals surface area contributed by atoms with E-state index in [2.05, 4.69) is 29.1 Å². The summed E-state index contributed by atoms with van der Waals surface area (Å²) in [4.78, 5) is 19.8. The molecule has 1 saturated carbocycles. The summed E-state index contributed by atoms with van der Waals surface area (Å²) in [5.41, 5.74) is 6.56. The fraction of sp³-hybridized carbons (Fsp3) is 0.643. The highest BCUT2D eigenvalue weighted by Crippen LogP contribution is 2.56. The maximum Gasteiger partial charge on any atom is 0.414 e. The number of carbonyl (C=O) groups excluding carboxylic acids is 1. The predicted molar refractivity (Wildman–Crippen MR) is 76.4 cm³/mol. The van der Waals surface area contributed by atoms with E-state index < -0.39 is 11.7 Å². The van der Waals surface area contributed by atoms with Crippen molar-refractivity contribution in [1.82, 2.24) is 9.97 Å². The standard InChI is InChI=1S/C14H22N4O2/c1-13(2,3)20-12(19)18-11-16-6-8(7-17-11)9-10(15)14(9,4)5/h6-7,9-10H,15H2,1-5H3,(H,16,17,18,19)/t9-,10-/m1/s1. The number of amides is 1. The Kier molecular flexibility index (Phi) is 3.46. The molecule has 1 aliphatic carbocycles. The maximum atomic E-state index is 11.6. The van der Waals surface area contributed by atoms with Crippen LogP contribution in [0.15, 0.2) is 12.4 Å². The summed E-state index contributed by atoms with van der Waals surface area (Å²) in [7, 11) is 0. The van der Waals surface area contributed by atoms with Gasteiger partial charge in [0, 0.05) is 24.4 Å². The van der Waals surface area contributed by atoms with Gasteiger partial charge in [-0.15, -0.1) is 0 Å². The topological polar surface area (TPSA) is 90.1 Å². The van der Waals surface area contributed by atoms with Crippen molar-refractivity contribution in [2.45, 2.75) is 52.2 Å². The van der Waals surface area contributed by atoms with Crippen molar-refractivity contribution in [2.24, 2.45) is 11.1 Å². The number of nitrogens with one attached hydrogen (secondary N) is 1. The lowest BCUT2D eigenvalue weighted by Gasteiger charge is -2.19. The smallest absolute Gasteiger partial charge is 0.414 e. The molecular weight excluding hydrogens is 256 g/mol. The third kappa shape index (κ3) is 3.07. The third-order valence-electron chi connectivity index (χ3n) is 3.55. The number of nitrogens with zero attached hydrogens (tertiary/aromatic N) is 2. The first-order chi connectivity index (χ1) is 9.11. The molecule has 1 aromatic rings. The molecular formula is C14H22N4O2. The Morgan fingerprint density at radius 2 is 1.85 bits per heavy atom. The molecule has 0 radical (unpaired) electrons. The Hall–Kier alpha value is -1.69. The minimum atomic E-state index is -0.561. The van der Waals surface area contributed by atoms with Crippen LogP contribution >= 0.6 is 0 Å². The second-order valence-corrected chi connectivity index (χ2v) is 6.79. The zero-order valence-corrected chi connectivity index (χ0v) is 12.6. The van der Waals surface area contributed by atoms with Gasteiger partial charge in [0.2, 0.25) is 5.95 Å². The van der Waals surface area contributed by atoms with Gasteiger partial charge in [0.1, 0.15) is 5.60 Å². The lowest BCUT2D eigenvalue weighted by molar-refractivity contribution is 0.0634. The molecule has 1 fully saturated rings. The molecule has 1 aliphatic rings. The molecule has 1 amide bonds. The predicted octanol–water partition coefficient (Wildman–Crippen LogP) is 2.27. The van der Waals surface area contributed by atoms with E-state index in [4.69, 9.17) is 10.5 Å². The monoisotopic (exact) mass is 278 g/mol. The van der Waals surface area contributed by atoms with Gasteiger partial charge in [-0.05, 0) is 31.7 Å². The Morgan fingerprint density at radius 3 is 2.25 bits per heavy atom. The third-order valence-corrected chi connectivity index (χ3v) is 3.55. The Balaban J connectivity index is 1.98. The van der Waals surface area contributed by atoms with Crippen molar-refractivity contribution in [2.75, 3.05) is 5.32 Å². The van der Waals surface area contributed by atoms with Crippen LogP contribution in [0.2, 0.25) is 0 Å². The average molecular weight is 278 g/mol. The molecule has 6 nitrogen and oxygen atoms in total. The minimum Gasteiger partial charge on any atom is -0.444 e. The highest BCUT2D eigenvalue weighted by molar-refractivity contribution is 5.82. The second-order valence-electron chi connectivity index (χ2n) is 6.79. The first kappa shape index (κ1) is 14.7. The summed E-state index contributed by atoms with van der Waals surface area (Å²) in [6.07, 6.45) is 2.85. The van der Waals surface area contributed by atoms with Gasteiger partial charge in [-0.1, -0.05) is 13.8 Å². The molecule has 20 heavy (non-hydrogen) atoms. The van der Waals surface area contributed by atoms with Crippen molar-refractivity contribution >= 4 is 12.0 Å². The number of anilines is 1. The first-order valence-corrected chi connectivity index (χ1v) is 6.69. The summed E-state index contributed by atoms with van der Waals surface area (Å²) in [6, 6.07) is 0.135. The quantitative estimate of drug-likeness (QED) is 0.866. The SMILES string of the molecule is CC(C)(C)OC(=O)Nc1ncc([C@@H]2[C@@H](N)C2(C)C)cn1. The van der Waals surface area contributed by atoms with Crippen LogP contribution in [-0.4, -0.2) is 27.7 Å². The van der Waals surface area contributed by atoms with Gasteiger partial charge >= 0.3 is 6.09 Å². The molecule has 110 valence electrons. The van der Waals surface area contributed by atoms with Crippen LogP contribution in [0.25, 0.3) is 0 Å². The van der Waals surface area contributed by atoms with E-state index in [0.717, 1.165) is 5.56 Å². The van der Waals surface area contributed by atoms with E-state index in [0.29, 0.717) is 0 Å². The number of ether oxygens (including phenoxy) is 1. The molecule has 3 N–H and O–H groups in total.